The number of hydrogen-bond acceptors (Lipinski definition) is 5. The van der Waals surface area contributed by atoms with Crippen molar-refractivity contribution >= 4 is 17.5 Å². The van der Waals surface area contributed by atoms with Gasteiger partial charge in [-0.3, -0.25) is 4.79 Å². The van der Waals surface area contributed by atoms with Crippen molar-refractivity contribution in [2.45, 2.75) is 13.3 Å². The third-order valence-electron chi connectivity index (χ3n) is 4.23. The van der Waals surface area contributed by atoms with E-state index in [1.165, 1.54) is 12.1 Å². The number of hydrogen-bond donors (Lipinski definition) is 1. The zero-order valence-electron chi connectivity index (χ0n) is 14.3. The summed E-state index contributed by atoms with van der Waals surface area (Å²) >= 11 is 0. The first-order valence-electron chi connectivity index (χ1n) is 8.50. The third kappa shape index (κ3) is 4.43. The number of carbonyl (C=O) groups excluding carboxylic acids is 1. The van der Waals surface area contributed by atoms with Crippen molar-refractivity contribution in [1.29, 1.82) is 0 Å². The first kappa shape index (κ1) is 17.1. The van der Waals surface area contributed by atoms with Crippen molar-refractivity contribution in [3.05, 3.63) is 47.8 Å². The van der Waals surface area contributed by atoms with Gasteiger partial charge in [0.1, 0.15) is 11.6 Å². The maximum Gasteiger partial charge on any atom is 0.227 e. The molecule has 1 aromatic heterocycles. The second kappa shape index (κ2) is 7.92. The van der Waals surface area contributed by atoms with Gasteiger partial charge < -0.3 is 15.1 Å². The first-order chi connectivity index (χ1) is 12.2. The Balaban J connectivity index is 1.52. The van der Waals surface area contributed by atoms with Gasteiger partial charge in [0.25, 0.3) is 0 Å². The molecule has 0 spiro atoms. The van der Waals surface area contributed by atoms with Gasteiger partial charge in [0.05, 0.1) is 6.42 Å². The van der Waals surface area contributed by atoms with Crippen LogP contribution in [0.5, 0.6) is 0 Å². The lowest BCUT2D eigenvalue weighted by atomic mass is 10.1. The maximum absolute atomic E-state index is 12.9. The standard InChI is InChI=1S/C18H22FN5O/c1-2-20-16-7-8-17(22-21-16)23-9-11-24(12-10-23)18(25)13-14-3-5-15(19)6-4-14/h3-8H,2,9-13H2,1H3,(H,20,21). The van der Waals surface area contributed by atoms with Crippen molar-refractivity contribution in [2.75, 3.05) is 42.9 Å². The van der Waals surface area contributed by atoms with Gasteiger partial charge in [-0.2, -0.15) is 0 Å². The smallest absolute Gasteiger partial charge is 0.227 e. The molecule has 1 N–H and O–H groups in total. The second-order valence-corrected chi connectivity index (χ2v) is 5.98. The average molecular weight is 343 g/mol. The van der Waals surface area contributed by atoms with Crippen molar-refractivity contribution in [2.24, 2.45) is 0 Å². The number of piperazine rings is 1. The monoisotopic (exact) mass is 343 g/mol. The molecule has 1 amide bonds. The number of carbonyl (C=O) groups is 1. The van der Waals surface area contributed by atoms with E-state index in [0.717, 1.165) is 36.8 Å². The molecule has 1 fully saturated rings. The van der Waals surface area contributed by atoms with E-state index in [2.05, 4.69) is 20.4 Å². The zero-order valence-corrected chi connectivity index (χ0v) is 14.3. The van der Waals surface area contributed by atoms with E-state index in [-0.39, 0.29) is 11.7 Å². The molecule has 0 saturated carbocycles. The van der Waals surface area contributed by atoms with E-state index in [0.29, 0.717) is 19.5 Å². The second-order valence-electron chi connectivity index (χ2n) is 5.98. The van der Waals surface area contributed by atoms with E-state index in [4.69, 9.17) is 0 Å². The fourth-order valence-electron chi connectivity index (χ4n) is 2.84. The Hall–Kier alpha value is -2.70. The minimum atomic E-state index is -0.286. The summed E-state index contributed by atoms with van der Waals surface area (Å²) in [6.45, 7) is 5.57. The lowest BCUT2D eigenvalue weighted by Gasteiger charge is -2.35. The van der Waals surface area contributed by atoms with Gasteiger partial charge in [0.2, 0.25) is 5.91 Å². The van der Waals surface area contributed by atoms with Gasteiger partial charge in [-0.1, -0.05) is 12.1 Å². The van der Waals surface area contributed by atoms with Crippen LogP contribution in [0.2, 0.25) is 0 Å². The van der Waals surface area contributed by atoms with Gasteiger partial charge in [0, 0.05) is 32.7 Å². The summed E-state index contributed by atoms with van der Waals surface area (Å²) in [5.74, 6) is 1.37. The lowest BCUT2D eigenvalue weighted by Crippen LogP contribution is -2.49. The third-order valence-corrected chi connectivity index (χ3v) is 4.23. The number of nitrogens with zero attached hydrogens (tertiary/aromatic N) is 4. The van der Waals surface area contributed by atoms with Crippen LogP contribution < -0.4 is 10.2 Å². The number of halogens is 1. The van der Waals surface area contributed by atoms with E-state index in [9.17, 15) is 9.18 Å². The first-order valence-corrected chi connectivity index (χ1v) is 8.50. The summed E-state index contributed by atoms with van der Waals surface area (Å²) in [4.78, 5) is 16.4. The van der Waals surface area contributed by atoms with Gasteiger partial charge in [-0.25, -0.2) is 4.39 Å². The van der Waals surface area contributed by atoms with Crippen LogP contribution in [-0.4, -0.2) is 53.7 Å². The number of anilines is 2. The molecule has 25 heavy (non-hydrogen) atoms. The van der Waals surface area contributed by atoms with Crippen molar-refractivity contribution in [1.82, 2.24) is 15.1 Å². The largest absolute Gasteiger partial charge is 0.369 e. The molecule has 1 aromatic carbocycles. The predicted octanol–water partition coefficient (Wildman–Crippen LogP) is 1.94. The molecule has 7 heteroatoms. The van der Waals surface area contributed by atoms with Crippen LogP contribution in [0.1, 0.15) is 12.5 Å². The van der Waals surface area contributed by atoms with Crippen molar-refractivity contribution in [3.63, 3.8) is 0 Å². The molecule has 0 atom stereocenters. The number of benzene rings is 1. The maximum atomic E-state index is 12.9. The van der Waals surface area contributed by atoms with E-state index in [1.807, 2.05) is 24.0 Å². The highest BCUT2D eigenvalue weighted by molar-refractivity contribution is 5.79. The molecule has 0 unspecified atom stereocenters. The molecular formula is C18H22FN5O. The van der Waals surface area contributed by atoms with E-state index in [1.54, 1.807) is 12.1 Å². The number of aromatic nitrogens is 2. The number of nitrogens with one attached hydrogen (secondary N) is 1. The predicted molar refractivity (Wildman–Crippen MR) is 95.1 cm³/mol. The van der Waals surface area contributed by atoms with Crippen LogP contribution in [0.15, 0.2) is 36.4 Å². The van der Waals surface area contributed by atoms with Crippen LogP contribution >= 0.6 is 0 Å². The van der Waals surface area contributed by atoms with Crippen LogP contribution in [-0.2, 0) is 11.2 Å². The Labute approximate surface area is 146 Å². The van der Waals surface area contributed by atoms with Gasteiger partial charge >= 0.3 is 0 Å². The minimum absolute atomic E-state index is 0.0693. The summed E-state index contributed by atoms with van der Waals surface area (Å²) in [6, 6.07) is 9.95. The quantitative estimate of drug-likeness (QED) is 0.899. The Bertz CT molecular complexity index is 696. The van der Waals surface area contributed by atoms with Crippen LogP contribution in [0, 0.1) is 5.82 Å². The van der Waals surface area contributed by atoms with Gasteiger partial charge in [-0.15, -0.1) is 10.2 Å². The fraction of sp³-hybridized carbons (Fsp3) is 0.389. The van der Waals surface area contributed by atoms with E-state index >= 15 is 0 Å². The molecule has 1 saturated heterocycles. The summed E-state index contributed by atoms with van der Waals surface area (Å²) in [5.41, 5.74) is 0.832. The summed E-state index contributed by atoms with van der Waals surface area (Å²) < 4.78 is 12.9. The molecule has 2 heterocycles. The Morgan fingerprint density at radius 3 is 2.40 bits per heavy atom. The Kier molecular flexibility index (Phi) is 5.42. The van der Waals surface area contributed by atoms with Gasteiger partial charge in [-0.05, 0) is 36.8 Å². The van der Waals surface area contributed by atoms with Crippen LogP contribution in [0.4, 0.5) is 16.0 Å². The number of amides is 1. The highest BCUT2D eigenvalue weighted by Gasteiger charge is 2.22. The summed E-state index contributed by atoms with van der Waals surface area (Å²) in [5, 5.41) is 11.5. The molecule has 0 bridgehead atoms. The lowest BCUT2D eigenvalue weighted by molar-refractivity contribution is -0.130. The number of rotatable bonds is 5. The fourth-order valence-corrected chi connectivity index (χ4v) is 2.84. The molecule has 3 rings (SSSR count). The van der Waals surface area contributed by atoms with Crippen LogP contribution in [0.25, 0.3) is 0 Å². The molecule has 1 aliphatic rings. The molecule has 132 valence electrons. The minimum Gasteiger partial charge on any atom is -0.369 e. The molecule has 6 nitrogen and oxygen atoms in total. The molecular weight excluding hydrogens is 321 g/mol. The van der Waals surface area contributed by atoms with E-state index < -0.39 is 0 Å². The topological polar surface area (TPSA) is 61.4 Å². The zero-order chi connectivity index (χ0) is 17.6. The summed E-state index contributed by atoms with van der Waals surface area (Å²) in [7, 11) is 0. The molecule has 0 aliphatic carbocycles. The van der Waals surface area contributed by atoms with Crippen molar-refractivity contribution in [3.8, 4) is 0 Å². The summed E-state index contributed by atoms with van der Waals surface area (Å²) in [6.07, 6.45) is 0.303. The SMILES string of the molecule is CCNc1ccc(N2CCN(C(=O)Cc3ccc(F)cc3)CC2)nn1. The molecule has 0 radical (unpaired) electrons. The molecule has 2 aromatic rings. The Morgan fingerprint density at radius 2 is 1.80 bits per heavy atom. The average Bonchev–Trinajstić information content (AvgIpc) is 2.65. The van der Waals surface area contributed by atoms with Crippen LogP contribution in [0.3, 0.4) is 0 Å². The van der Waals surface area contributed by atoms with Gasteiger partial charge in [0.15, 0.2) is 5.82 Å². The molecule has 1 aliphatic heterocycles. The highest BCUT2D eigenvalue weighted by Crippen LogP contribution is 2.15. The normalized spacial score (nSPS) is 14.5. The van der Waals surface area contributed by atoms with Crippen molar-refractivity contribution < 1.29 is 9.18 Å². The highest BCUT2D eigenvalue weighted by atomic mass is 19.1. The Morgan fingerprint density at radius 1 is 1.08 bits per heavy atom.